The monoisotopic (exact) mass is 218 g/mol. The first-order chi connectivity index (χ1) is 7.65. The van der Waals surface area contributed by atoms with Crippen molar-refractivity contribution in [2.24, 2.45) is 0 Å². The van der Waals surface area contributed by atoms with Crippen molar-refractivity contribution in [3.63, 3.8) is 0 Å². The molecule has 0 amide bonds. The lowest BCUT2D eigenvalue weighted by atomic mass is 10.1. The molecular weight excluding hydrogens is 200 g/mol. The molecule has 0 spiro atoms. The zero-order valence-corrected chi connectivity index (χ0v) is 9.95. The largest absolute Gasteiger partial charge is 0.423 e. The second-order valence-corrected chi connectivity index (χ2v) is 3.86. The van der Waals surface area contributed by atoms with Gasteiger partial charge in [-0.25, -0.2) is 4.79 Å². The van der Waals surface area contributed by atoms with Crippen LogP contribution < -0.4 is 4.74 Å². The van der Waals surface area contributed by atoms with Crippen LogP contribution in [0, 0.1) is 6.92 Å². The molecule has 0 aliphatic heterocycles. The van der Waals surface area contributed by atoms with Gasteiger partial charge in [0.15, 0.2) is 0 Å². The smallest absolute Gasteiger partial charge is 0.338 e. The number of carbonyl (C=O) groups excluding carboxylic acids is 1. The summed E-state index contributed by atoms with van der Waals surface area (Å²) >= 11 is 0. The van der Waals surface area contributed by atoms with Crippen molar-refractivity contribution in [1.82, 2.24) is 0 Å². The van der Waals surface area contributed by atoms with E-state index in [0.717, 1.165) is 18.4 Å². The van der Waals surface area contributed by atoms with Crippen LogP contribution in [-0.4, -0.2) is 5.97 Å². The summed E-state index contributed by atoms with van der Waals surface area (Å²) in [5.74, 6) is 0.299. The Hall–Kier alpha value is -1.57. The Labute approximate surface area is 96.9 Å². The van der Waals surface area contributed by atoms with E-state index < -0.39 is 0 Å². The Bertz CT molecular complexity index is 380. The molecule has 0 atom stereocenters. The molecule has 0 saturated heterocycles. The minimum atomic E-state index is -0.317. The summed E-state index contributed by atoms with van der Waals surface area (Å²) < 4.78 is 5.27. The Balaban J connectivity index is 2.58. The number of hydrogen-bond acceptors (Lipinski definition) is 2. The molecule has 0 radical (unpaired) electrons. The summed E-state index contributed by atoms with van der Waals surface area (Å²) in [5.41, 5.74) is 1.50. The maximum absolute atomic E-state index is 11.6. The van der Waals surface area contributed by atoms with Gasteiger partial charge in [-0.15, -0.1) is 0 Å². The van der Waals surface area contributed by atoms with Gasteiger partial charge in [0.25, 0.3) is 0 Å². The minimum absolute atomic E-state index is 0.317. The number of rotatable bonds is 5. The van der Waals surface area contributed by atoms with Crippen LogP contribution >= 0.6 is 0 Å². The number of ether oxygens (including phenoxy) is 1. The molecule has 1 aromatic carbocycles. The van der Waals surface area contributed by atoms with E-state index in [1.165, 1.54) is 0 Å². The zero-order chi connectivity index (χ0) is 12.0. The summed E-state index contributed by atoms with van der Waals surface area (Å²) in [6.45, 7) is 7.74. The predicted octanol–water partition coefficient (Wildman–Crippen LogP) is 3.65. The van der Waals surface area contributed by atoms with Gasteiger partial charge in [-0.2, -0.15) is 0 Å². The topological polar surface area (TPSA) is 26.3 Å². The summed E-state index contributed by atoms with van der Waals surface area (Å²) in [5, 5.41) is 0. The van der Waals surface area contributed by atoms with Crippen LogP contribution in [0.15, 0.2) is 36.4 Å². The third kappa shape index (κ3) is 3.54. The number of aryl methyl sites for hydroxylation is 1. The molecule has 16 heavy (non-hydrogen) atoms. The molecule has 0 aromatic heterocycles. The standard InChI is InChI=1S/C14H18O2/c1-4-5-8-12(3)14(15)16-13-10-7-6-9-11(13)2/h6-7,9-10H,3-5,8H2,1-2H3. The first-order valence-electron chi connectivity index (χ1n) is 5.60. The maximum atomic E-state index is 11.6. The van der Waals surface area contributed by atoms with Gasteiger partial charge in [0.05, 0.1) is 0 Å². The maximum Gasteiger partial charge on any atom is 0.338 e. The van der Waals surface area contributed by atoms with Gasteiger partial charge in [-0.1, -0.05) is 38.1 Å². The summed E-state index contributed by atoms with van der Waals surface area (Å²) in [7, 11) is 0. The van der Waals surface area contributed by atoms with Crippen LogP contribution in [0.3, 0.4) is 0 Å². The number of carbonyl (C=O) groups is 1. The van der Waals surface area contributed by atoms with Crippen LogP contribution in [0.25, 0.3) is 0 Å². The van der Waals surface area contributed by atoms with Crippen LogP contribution in [0.2, 0.25) is 0 Å². The molecule has 0 saturated carbocycles. The van der Waals surface area contributed by atoms with Crippen LogP contribution in [-0.2, 0) is 4.79 Å². The molecule has 0 heterocycles. The Morgan fingerprint density at radius 3 is 2.69 bits per heavy atom. The van der Waals surface area contributed by atoms with E-state index in [1.54, 1.807) is 6.07 Å². The molecular formula is C14H18O2. The highest BCUT2D eigenvalue weighted by Crippen LogP contribution is 2.18. The molecule has 1 aromatic rings. The van der Waals surface area contributed by atoms with E-state index in [0.29, 0.717) is 17.7 Å². The van der Waals surface area contributed by atoms with Gasteiger partial charge >= 0.3 is 5.97 Å². The van der Waals surface area contributed by atoms with Gasteiger partial charge in [0.1, 0.15) is 5.75 Å². The highest BCUT2D eigenvalue weighted by molar-refractivity contribution is 5.89. The fraction of sp³-hybridized carbons (Fsp3) is 0.357. The zero-order valence-electron chi connectivity index (χ0n) is 9.95. The van der Waals surface area contributed by atoms with Gasteiger partial charge in [0, 0.05) is 5.57 Å². The van der Waals surface area contributed by atoms with Gasteiger partial charge in [-0.3, -0.25) is 0 Å². The Morgan fingerprint density at radius 1 is 1.38 bits per heavy atom. The van der Waals surface area contributed by atoms with Crippen LogP contribution in [0.5, 0.6) is 5.75 Å². The van der Waals surface area contributed by atoms with Crippen molar-refractivity contribution >= 4 is 5.97 Å². The van der Waals surface area contributed by atoms with Crippen molar-refractivity contribution in [2.45, 2.75) is 33.1 Å². The highest BCUT2D eigenvalue weighted by Gasteiger charge is 2.10. The fourth-order valence-corrected chi connectivity index (χ4v) is 1.34. The quantitative estimate of drug-likeness (QED) is 0.428. The lowest BCUT2D eigenvalue weighted by Gasteiger charge is -2.08. The normalized spacial score (nSPS) is 9.88. The van der Waals surface area contributed by atoms with Crippen LogP contribution in [0.4, 0.5) is 0 Å². The number of hydrogen-bond donors (Lipinski definition) is 0. The van der Waals surface area contributed by atoms with Gasteiger partial charge in [0.2, 0.25) is 0 Å². The van der Waals surface area contributed by atoms with E-state index in [9.17, 15) is 4.79 Å². The molecule has 0 N–H and O–H groups in total. The molecule has 0 aliphatic rings. The Kier molecular flexibility index (Phi) is 4.77. The second-order valence-electron chi connectivity index (χ2n) is 3.86. The first kappa shape index (κ1) is 12.5. The summed E-state index contributed by atoms with van der Waals surface area (Å²) in [6, 6.07) is 7.47. The average molecular weight is 218 g/mol. The van der Waals surface area contributed by atoms with Crippen LogP contribution in [0.1, 0.15) is 31.7 Å². The molecule has 0 fully saturated rings. The molecule has 2 heteroatoms. The summed E-state index contributed by atoms with van der Waals surface area (Å²) in [6.07, 6.45) is 2.74. The molecule has 1 rings (SSSR count). The van der Waals surface area contributed by atoms with Gasteiger partial charge in [-0.05, 0) is 31.4 Å². The lowest BCUT2D eigenvalue weighted by Crippen LogP contribution is -2.11. The van der Waals surface area contributed by atoms with Crippen molar-refractivity contribution in [2.75, 3.05) is 0 Å². The minimum Gasteiger partial charge on any atom is -0.423 e. The van der Waals surface area contributed by atoms with Crippen molar-refractivity contribution in [3.8, 4) is 5.75 Å². The van der Waals surface area contributed by atoms with E-state index in [4.69, 9.17) is 4.74 Å². The first-order valence-corrected chi connectivity index (χ1v) is 5.60. The lowest BCUT2D eigenvalue weighted by molar-refractivity contribution is -0.130. The molecule has 86 valence electrons. The molecule has 2 nitrogen and oxygen atoms in total. The van der Waals surface area contributed by atoms with Crippen molar-refractivity contribution in [1.29, 1.82) is 0 Å². The average Bonchev–Trinajstić information content (AvgIpc) is 2.28. The van der Waals surface area contributed by atoms with E-state index >= 15 is 0 Å². The van der Waals surface area contributed by atoms with Gasteiger partial charge < -0.3 is 4.74 Å². The molecule has 0 unspecified atom stereocenters. The number of para-hydroxylation sites is 1. The van der Waals surface area contributed by atoms with Crippen molar-refractivity contribution < 1.29 is 9.53 Å². The molecule has 0 aliphatic carbocycles. The summed E-state index contributed by atoms with van der Waals surface area (Å²) in [4.78, 5) is 11.6. The van der Waals surface area contributed by atoms with E-state index in [-0.39, 0.29) is 5.97 Å². The third-order valence-corrected chi connectivity index (χ3v) is 2.42. The SMILES string of the molecule is C=C(CCCC)C(=O)Oc1ccccc1C. The number of unbranched alkanes of at least 4 members (excludes halogenated alkanes) is 1. The number of esters is 1. The Morgan fingerprint density at radius 2 is 2.06 bits per heavy atom. The fourth-order valence-electron chi connectivity index (χ4n) is 1.34. The predicted molar refractivity (Wildman–Crippen MR) is 65.5 cm³/mol. The highest BCUT2D eigenvalue weighted by atomic mass is 16.5. The molecule has 0 bridgehead atoms. The van der Waals surface area contributed by atoms with E-state index in [1.807, 2.05) is 25.1 Å². The second kappa shape index (κ2) is 6.11. The third-order valence-electron chi connectivity index (χ3n) is 2.42. The van der Waals surface area contributed by atoms with Crippen molar-refractivity contribution in [3.05, 3.63) is 42.0 Å². The number of benzene rings is 1. The van der Waals surface area contributed by atoms with E-state index in [2.05, 4.69) is 13.5 Å².